The SMILES string of the molecule is O=C(O)C1CN(C(=O)c2sccc2-n2cnnn2)C1. The molecule has 3 rings (SSSR count). The van der Waals surface area contributed by atoms with Crippen LogP contribution in [0.5, 0.6) is 0 Å². The molecule has 2 aromatic heterocycles. The summed E-state index contributed by atoms with van der Waals surface area (Å²) in [7, 11) is 0. The molecule has 3 heterocycles. The van der Waals surface area contributed by atoms with Gasteiger partial charge in [-0.1, -0.05) is 0 Å². The van der Waals surface area contributed by atoms with Gasteiger partial charge < -0.3 is 10.0 Å². The second kappa shape index (κ2) is 4.43. The predicted molar refractivity (Wildman–Crippen MR) is 64.1 cm³/mol. The summed E-state index contributed by atoms with van der Waals surface area (Å²) in [6.07, 6.45) is 1.41. The molecule has 9 heteroatoms. The number of carboxylic acids is 1. The molecule has 1 fully saturated rings. The first-order chi connectivity index (χ1) is 9.16. The minimum absolute atomic E-state index is 0.182. The van der Waals surface area contributed by atoms with Crippen molar-refractivity contribution in [3.63, 3.8) is 0 Å². The van der Waals surface area contributed by atoms with E-state index in [-0.39, 0.29) is 19.0 Å². The van der Waals surface area contributed by atoms with Gasteiger partial charge in [-0.3, -0.25) is 9.59 Å². The third-order valence-electron chi connectivity index (χ3n) is 2.95. The summed E-state index contributed by atoms with van der Waals surface area (Å²) in [5, 5.41) is 21.4. The maximum absolute atomic E-state index is 12.2. The Kier molecular flexibility index (Phi) is 2.75. The van der Waals surface area contributed by atoms with E-state index in [1.807, 2.05) is 0 Å². The van der Waals surface area contributed by atoms with Crippen LogP contribution in [0.25, 0.3) is 5.69 Å². The topological polar surface area (TPSA) is 101 Å². The summed E-state index contributed by atoms with van der Waals surface area (Å²) in [4.78, 5) is 25.0. The quantitative estimate of drug-likeness (QED) is 0.840. The Bertz CT molecular complexity index is 617. The fraction of sp³-hybridized carbons (Fsp3) is 0.300. The molecule has 1 saturated heterocycles. The molecular weight excluding hydrogens is 270 g/mol. The number of nitrogens with zero attached hydrogens (tertiary/aromatic N) is 5. The van der Waals surface area contributed by atoms with Crippen molar-refractivity contribution in [1.82, 2.24) is 25.1 Å². The van der Waals surface area contributed by atoms with Gasteiger partial charge in [0.25, 0.3) is 5.91 Å². The highest BCUT2D eigenvalue weighted by Gasteiger charge is 2.37. The Morgan fingerprint density at radius 2 is 2.21 bits per heavy atom. The number of rotatable bonds is 3. The summed E-state index contributed by atoms with van der Waals surface area (Å²) < 4.78 is 1.41. The van der Waals surface area contributed by atoms with Crippen molar-refractivity contribution in [2.45, 2.75) is 0 Å². The van der Waals surface area contributed by atoms with E-state index in [0.717, 1.165) is 0 Å². The van der Waals surface area contributed by atoms with Crippen molar-refractivity contribution < 1.29 is 14.7 Å². The minimum Gasteiger partial charge on any atom is -0.481 e. The second-order valence-corrected chi connectivity index (χ2v) is 5.05. The molecule has 0 radical (unpaired) electrons. The lowest BCUT2D eigenvalue weighted by atomic mass is 10.0. The van der Waals surface area contributed by atoms with E-state index >= 15 is 0 Å². The van der Waals surface area contributed by atoms with Crippen molar-refractivity contribution in [1.29, 1.82) is 0 Å². The number of aromatic nitrogens is 4. The van der Waals surface area contributed by atoms with E-state index in [4.69, 9.17) is 5.11 Å². The number of carbonyl (C=O) groups is 2. The van der Waals surface area contributed by atoms with Gasteiger partial charge in [-0.25, -0.2) is 0 Å². The standard InChI is InChI=1S/C10H9N5O3S/c16-9(14-3-6(4-14)10(17)18)8-7(1-2-19-8)15-5-11-12-13-15/h1-2,5-6H,3-4H2,(H,17,18). The lowest BCUT2D eigenvalue weighted by molar-refractivity contribution is -0.146. The van der Waals surface area contributed by atoms with Crippen molar-refractivity contribution >= 4 is 23.2 Å². The highest BCUT2D eigenvalue weighted by molar-refractivity contribution is 7.12. The summed E-state index contributed by atoms with van der Waals surface area (Å²) >= 11 is 1.29. The van der Waals surface area contributed by atoms with Gasteiger partial charge in [0.05, 0.1) is 11.6 Å². The zero-order valence-corrected chi connectivity index (χ0v) is 10.4. The van der Waals surface area contributed by atoms with Crippen LogP contribution in [-0.4, -0.2) is 55.2 Å². The number of carbonyl (C=O) groups excluding carboxylic acids is 1. The van der Waals surface area contributed by atoms with E-state index in [1.54, 1.807) is 11.4 Å². The summed E-state index contributed by atoms with van der Waals surface area (Å²) in [5.41, 5.74) is 0.610. The third-order valence-corrected chi connectivity index (χ3v) is 3.84. The molecule has 1 amide bonds. The summed E-state index contributed by atoms with van der Waals surface area (Å²) in [6.45, 7) is 0.502. The molecule has 2 aromatic rings. The van der Waals surface area contributed by atoms with Crippen molar-refractivity contribution in [3.8, 4) is 5.69 Å². The molecule has 0 atom stereocenters. The van der Waals surface area contributed by atoms with E-state index in [0.29, 0.717) is 10.6 Å². The van der Waals surface area contributed by atoms with Crippen LogP contribution in [0.3, 0.4) is 0 Å². The van der Waals surface area contributed by atoms with E-state index in [2.05, 4.69) is 15.5 Å². The van der Waals surface area contributed by atoms with Crippen molar-refractivity contribution in [2.75, 3.05) is 13.1 Å². The molecule has 0 aromatic carbocycles. The number of aliphatic carboxylic acids is 1. The number of amides is 1. The number of hydrogen-bond donors (Lipinski definition) is 1. The average Bonchev–Trinajstić information content (AvgIpc) is 2.97. The van der Waals surface area contributed by atoms with Crippen LogP contribution < -0.4 is 0 Å². The molecule has 8 nitrogen and oxygen atoms in total. The van der Waals surface area contributed by atoms with Gasteiger partial charge in [-0.2, -0.15) is 4.68 Å². The van der Waals surface area contributed by atoms with E-state index in [9.17, 15) is 9.59 Å². The van der Waals surface area contributed by atoms with Crippen LogP contribution in [0.15, 0.2) is 17.8 Å². The number of tetrazole rings is 1. The van der Waals surface area contributed by atoms with Gasteiger partial charge in [-0.15, -0.1) is 16.4 Å². The number of hydrogen-bond acceptors (Lipinski definition) is 6. The second-order valence-electron chi connectivity index (χ2n) is 4.13. The first kappa shape index (κ1) is 11.8. The zero-order valence-electron chi connectivity index (χ0n) is 9.63. The molecule has 0 aliphatic carbocycles. The number of likely N-dealkylation sites (tertiary alicyclic amines) is 1. The van der Waals surface area contributed by atoms with Crippen LogP contribution in [0.4, 0.5) is 0 Å². The van der Waals surface area contributed by atoms with Gasteiger partial charge in [0.1, 0.15) is 11.2 Å². The Labute approximate surface area is 111 Å². The molecule has 19 heavy (non-hydrogen) atoms. The van der Waals surface area contributed by atoms with Crippen LogP contribution in [0.1, 0.15) is 9.67 Å². The fourth-order valence-corrected chi connectivity index (χ4v) is 2.70. The monoisotopic (exact) mass is 279 g/mol. The fourth-order valence-electron chi connectivity index (χ4n) is 1.86. The van der Waals surface area contributed by atoms with Crippen LogP contribution >= 0.6 is 11.3 Å². The molecule has 1 aliphatic rings. The largest absolute Gasteiger partial charge is 0.481 e. The average molecular weight is 279 g/mol. The summed E-state index contributed by atoms with van der Waals surface area (Å²) in [5.74, 6) is -1.51. The zero-order chi connectivity index (χ0) is 13.4. The first-order valence-corrected chi connectivity index (χ1v) is 6.37. The Morgan fingerprint density at radius 3 is 2.84 bits per heavy atom. The van der Waals surface area contributed by atoms with Gasteiger partial charge in [0.2, 0.25) is 0 Å². The highest BCUT2D eigenvalue weighted by Crippen LogP contribution is 2.25. The van der Waals surface area contributed by atoms with Crippen LogP contribution in [0.2, 0.25) is 0 Å². The first-order valence-electron chi connectivity index (χ1n) is 5.49. The third kappa shape index (κ3) is 1.97. The maximum Gasteiger partial charge on any atom is 0.310 e. The van der Waals surface area contributed by atoms with E-state index < -0.39 is 11.9 Å². The van der Waals surface area contributed by atoms with Gasteiger partial charge in [0, 0.05) is 13.1 Å². The smallest absolute Gasteiger partial charge is 0.310 e. The highest BCUT2D eigenvalue weighted by atomic mass is 32.1. The Hall–Kier alpha value is -2.29. The molecule has 0 saturated carbocycles. The van der Waals surface area contributed by atoms with Crippen LogP contribution in [0, 0.1) is 5.92 Å². The normalized spacial score (nSPS) is 15.3. The molecule has 0 spiro atoms. The Morgan fingerprint density at radius 1 is 1.42 bits per heavy atom. The minimum atomic E-state index is -0.865. The van der Waals surface area contributed by atoms with Crippen molar-refractivity contribution in [3.05, 3.63) is 22.7 Å². The number of carboxylic acid groups (broad SMARTS) is 1. The molecule has 98 valence electrons. The van der Waals surface area contributed by atoms with Gasteiger partial charge >= 0.3 is 5.97 Å². The maximum atomic E-state index is 12.2. The molecule has 1 aliphatic heterocycles. The van der Waals surface area contributed by atoms with Gasteiger partial charge in [-0.05, 0) is 21.9 Å². The summed E-state index contributed by atoms with van der Waals surface area (Å²) in [6, 6.07) is 1.75. The lowest BCUT2D eigenvalue weighted by Gasteiger charge is -2.36. The lowest BCUT2D eigenvalue weighted by Crippen LogP contribution is -2.53. The van der Waals surface area contributed by atoms with Gasteiger partial charge in [0.15, 0.2) is 0 Å². The number of thiophene rings is 1. The molecule has 0 bridgehead atoms. The predicted octanol–water partition coefficient (Wildman–Crippen LogP) is -0.120. The van der Waals surface area contributed by atoms with Crippen molar-refractivity contribution in [2.24, 2.45) is 5.92 Å². The Balaban J connectivity index is 1.79. The molecular formula is C10H9N5O3S. The molecule has 0 unspecified atom stereocenters. The van der Waals surface area contributed by atoms with Crippen LogP contribution in [-0.2, 0) is 4.79 Å². The van der Waals surface area contributed by atoms with E-state index in [1.165, 1.54) is 27.2 Å². The molecule has 1 N–H and O–H groups in total.